The molecule has 1 saturated heterocycles. The van der Waals surface area contributed by atoms with Crippen molar-refractivity contribution in [3.63, 3.8) is 0 Å². The van der Waals surface area contributed by atoms with Crippen LogP contribution in [0.3, 0.4) is 0 Å². The van der Waals surface area contributed by atoms with Gasteiger partial charge in [-0.05, 0) is 63.8 Å². The molecule has 1 fully saturated rings. The van der Waals surface area contributed by atoms with Gasteiger partial charge in [-0.3, -0.25) is 9.69 Å². The molecule has 2 heterocycles. The van der Waals surface area contributed by atoms with E-state index in [9.17, 15) is 9.59 Å². The predicted molar refractivity (Wildman–Crippen MR) is 134 cm³/mol. The predicted octanol–water partition coefficient (Wildman–Crippen LogP) is 6.06. The Kier molecular flexibility index (Phi) is 6.68. The summed E-state index contributed by atoms with van der Waals surface area (Å²) in [7, 11) is 0. The number of pyridine rings is 1. The van der Waals surface area contributed by atoms with Gasteiger partial charge in [0.15, 0.2) is 0 Å². The summed E-state index contributed by atoms with van der Waals surface area (Å²) >= 11 is 0. The van der Waals surface area contributed by atoms with Gasteiger partial charge < -0.3 is 10.1 Å². The number of nitrogens with one attached hydrogen (secondary N) is 1. The van der Waals surface area contributed by atoms with Crippen LogP contribution in [0.25, 0.3) is 22.4 Å². The number of likely N-dealkylation sites (tertiary alicyclic amines) is 1. The first kappa shape index (κ1) is 23.5. The summed E-state index contributed by atoms with van der Waals surface area (Å²) < 4.78 is 5.51. The number of ether oxygens (including phenoxy) is 1. The minimum absolute atomic E-state index is 0.254. The molecule has 34 heavy (non-hydrogen) atoms. The summed E-state index contributed by atoms with van der Waals surface area (Å²) in [5, 5.41) is 2.96. The van der Waals surface area contributed by atoms with Crippen molar-refractivity contribution in [3.05, 3.63) is 72.3 Å². The zero-order chi connectivity index (χ0) is 24.3. The highest BCUT2D eigenvalue weighted by Gasteiger charge is 2.36. The Hall–Kier alpha value is -3.67. The zero-order valence-electron chi connectivity index (χ0n) is 20.2. The number of anilines is 1. The molecule has 3 aromatic rings. The van der Waals surface area contributed by atoms with E-state index >= 15 is 0 Å². The number of nitrogens with zero attached hydrogens (tertiary/aromatic N) is 2. The summed E-state index contributed by atoms with van der Waals surface area (Å²) in [5.41, 5.74) is 4.29. The number of aryl methyl sites for hydroxylation is 1. The summed E-state index contributed by atoms with van der Waals surface area (Å²) in [6.45, 7) is 8.01. The third kappa shape index (κ3) is 5.63. The van der Waals surface area contributed by atoms with E-state index in [4.69, 9.17) is 9.72 Å². The monoisotopic (exact) mass is 457 g/mol. The molecule has 1 atom stereocenters. The van der Waals surface area contributed by atoms with E-state index in [0.717, 1.165) is 28.8 Å². The molecule has 1 unspecified atom stereocenters. The molecule has 176 valence electrons. The second-order valence-corrected chi connectivity index (χ2v) is 9.68. The van der Waals surface area contributed by atoms with Crippen molar-refractivity contribution in [1.29, 1.82) is 0 Å². The molecule has 6 nitrogen and oxygen atoms in total. The second kappa shape index (κ2) is 9.67. The Morgan fingerprint density at radius 2 is 1.68 bits per heavy atom. The van der Waals surface area contributed by atoms with Gasteiger partial charge in [0.2, 0.25) is 5.91 Å². The molecule has 0 spiro atoms. The standard InChI is InChI=1S/C28H31N3O3/c1-19-12-14-20(15-13-19)22-17-23(21-9-6-5-7-10-21)29-25(18-22)30-26(32)24-11-8-16-31(24)27(33)34-28(2,3)4/h5-7,9-10,12-15,17-18,24H,8,11,16H2,1-4H3,(H,29,30,32). The molecule has 1 aromatic heterocycles. The van der Waals surface area contributed by atoms with Gasteiger partial charge in [-0.1, -0.05) is 60.2 Å². The molecular weight excluding hydrogens is 426 g/mol. The van der Waals surface area contributed by atoms with Crippen LogP contribution in [0.15, 0.2) is 66.7 Å². The van der Waals surface area contributed by atoms with E-state index in [-0.39, 0.29) is 5.91 Å². The largest absolute Gasteiger partial charge is 0.444 e. The lowest BCUT2D eigenvalue weighted by Crippen LogP contribution is -2.45. The molecule has 1 aliphatic rings. The SMILES string of the molecule is Cc1ccc(-c2cc(NC(=O)C3CCCN3C(=O)OC(C)(C)C)nc(-c3ccccc3)c2)cc1. The average molecular weight is 458 g/mol. The van der Waals surface area contributed by atoms with Gasteiger partial charge >= 0.3 is 6.09 Å². The van der Waals surface area contributed by atoms with Crippen LogP contribution in [0, 0.1) is 6.92 Å². The van der Waals surface area contributed by atoms with Gasteiger partial charge in [-0.25, -0.2) is 9.78 Å². The molecule has 2 aromatic carbocycles. The quantitative estimate of drug-likeness (QED) is 0.517. The van der Waals surface area contributed by atoms with E-state index in [1.165, 1.54) is 10.5 Å². The van der Waals surface area contributed by atoms with Crippen LogP contribution in [-0.2, 0) is 9.53 Å². The van der Waals surface area contributed by atoms with E-state index in [1.807, 2.05) is 63.2 Å². The molecule has 1 aliphatic heterocycles. The normalized spacial score (nSPS) is 15.8. The first-order valence-corrected chi connectivity index (χ1v) is 11.6. The van der Waals surface area contributed by atoms with E-state index in [2.05, 4.69) is 36.5 Å². The fourth-order valence-corrected chi connectivity index (χ4v) is 4.05. The Bertz CT molecular complexity index is 1170. The molecule has 0 aliphatic carbocycles. The first-order chi connectivity index (χ1) is 16.2. The van der Waals surface area contributed by atoms with Crippen LogP contribution >= 0.6 is 0 Å². The number of benzene rings is 2. The first-order valence-electron chi connectivity index (χ1n) is 11.6. The molecule has 0 saturated carbocycles. The highest BCUT2D eigenvalue weighted by atomic mass is 16.6. The summed E-state index contributed by atoms with van der Waals surface area (Å²) in [6.07, 6.45) is 0.883. The fraction of sp³-hybridized carbons (Fsp3) is 0.321. The molecular formula is C28H31N3O3. The highest BCUT2D eigenvalue weighted by molar-refractivity contribution is 5.97. The summed E-state index contributed by atoms with van der Waals surface area (Å²) in [4.78, 5) is 32.1. The van der Waals surface area contributed by atoms with Gasteiger partial charge in [0.1, 0.15) is 17.5 Å². The topological polar surface area (TPSA) is 71.5 Å². The van der Waals surface area contributed by atoms with Crippen LogP contribution < -0.4 is 5.32 Å². The number of carbonyl (C=O) groups is 2. The van der Waals surface area contributed by atoms with Crippen molar-refractivity contribution in [2.75, 3.05) is 11.9 Å². The molecule has 4 rings (SSSR count). The van der Waals surface area contributed by atoms with Crippen molar-refractivity contribution >= 4 is 17.8 Å². The van der Waals surface area contributed by atoms with Gasteiger partial charge in [-0.15, -0.1) is 0 Å². The number of aromatic nitrogens is 1. The van der Waals surface area contributed by atoms with Crippen molar-refractivity contribution < 1.29 is 14.3 Å². The van der Waals surface area contributed by atoms with Crippen molar-refractivity contribution in [3.8, 4) is 22.4 Å². The lowest BCUT2D eigenvalue weighted by Gasteiger charge is -2.28. The zero-order valence-corrected chi connectivity index (χ0v) is 20.2. The van der Waals surface area contributed by atoms with Gasteiger partial charge in [0, 0.05) is 12.1 Å². The van der Waals surface area contributed by atoms with E-state index in [0.29, 0.717) is 18.8 Å². The highest BCUT2D eigenvalue weighted by Crippen LogP contribution is 2.29. The van der Waals surface area contributed by atoms with Gasteiger partial charge in [0.05, 0.1) is 5.69 Å². The van der Waals surface area contributed by atoms with Crippen molar-refractivity contribution in [2.24, 2.45) is 0 Å². The summed E-state index contributed by atoms with van der Waals surface area (Å²) in [5.74, 6) is 0.203. The van der Waals surface area contributed by atoms with Crippen LogP contribution in [0.2, 0.25) is 0 Å². The Morgan fingerprint density at radius 1 is 0.971 bits per heavy atom. The number of hydrogen-bond acceptors (Lipinski definition) is 4. The average Bonchev–Trinajstić information content (AvgIpc) is 3.29. The van der Waals surface area contributed by atoms with E-state index in [1.54, 1.807) is 0 Å². The minimum atomic E-state index is -0.616. The molecule has 1 N–H and O–H groups in total. The molecule has 2 amide bonds. The minimum Gasteiger partial charge on any atom is -0.444 e. The fourth-order valence-electron chi connectivity index (χ4n) is 4.05. The van der Waals surface area contributed by atoms with Gasteiger partial charge in [0.25, 0.3) is 0 Å². The maximum atomic E-state index is 13.2. The van der Waals surface area contributed by atoms with Crippen molar-refractivity contribution in [1.82, 2.24) is 9.88 Å². The number of rotatable bonds is 4. The molecule has 0 radical (unpaired) electrons. The number of carbonyl (C=O) groups excluding carboxylic acids is 2. The molecule has 0 bridgehead atoms. The van der Waals surface area contributed by atoms with Gasteiger partial charge in [-0.2, -0.15) is 0 Å². The maximum Gasteiger partial charge on any atom is 0.410 e. The van der Waals surface area contributed by atoms with E-state index < -0.39 is 17.7 Å². The lowest BCUT2D eigenvalue weighted by atomic mass is 10.0. The molecule has 6 heteroatoms. The second-order valence-electron chi connectivity index (χ2n) is 9.68. The number of amides is 2. The van der Waals surface area contributed by atoms with Crippen LogP contribution in [-0.4, -0.2) is 40.1 Å². The Labute approximate surface area is 201 Å². The third-order valence-corrected chi connectivity index (χ3v) is 5.71. The Balaban J connectivity index is 1.63. The van der Waals surface area contributed by atoms with Crippen molar-refractivity contribution in [2.45, 2.75) is 52.2 Å². The van der Waals surface area contributed by atoms with Crippen LogP contribution in [0.1, 0.15) is 39.2 Å². The third-order valence-electron chi connectivity index (χ3n) is 5.71. The van der Waals surface area contributed by atoms with Crippen LogP contribution in [0.4, 0.5) is 10.6 Å². The smallest absolute Gasteiger partial charge is 0.410 e. The number of hydrogen-bond donors (Lipinski definition) is 1. The summed E-state index contributed by atoms with van der Waals surface area (Å²) in [6, 6.07) is 21.4. The Morgan fingerprint density at radius 3 is 2.35 bits per heavy atom. The maximum absolute atomic E-state index is 13.2. The lowest BCUT2D eigenvalue weighted by molar-refractivity contribution is -0.120. The van der Waals surface area contributed by atoms with Crippen LogP contribution in [0.5, 0.6) is 0 Å².